The number of hydrogen-bond acceptors (Lipinski definition) is 6. The predicted molar refractivity (Wildman–Crippen MR) is 147 cm³/mol. The van der Waals surface area contributed by atoms with Gasteiger partial charge in [0.1, 0.15) is 5.75 Å². The average molecular weight is 510 g/mol. The summed E-state index contributed by atoms with van der Waals surface area (Å²) >= 11 is 0. The summed E-state index contributed by atoms with van der Waals surface area (Å²) in [4.78, 5) is 18.5. The summed E-state index contributed by atoms with van der Waals surface area (Å²) in [6.07, 6.45) is 7.34. The maximum Gasteiger partial charge on any atom is 0.333 e. The topological polar surface area (TPSA) is 104 Å². The summed E-state index contributed by atoms with van der Waals surface area (Å²) in [5, 5.41) is 14.3. The number of para-hydroxylation sites is 1. The SMILES string of the molecule is CCCc1cccc(OC)c1-n1cc(CCC)n(Cc2ccc(-c3ccccc3-c3nnn[nH]3)cn2)c1=O. The molecular formula is C29H31N7O2. The standard InChI is InChI=1S/C29H31N7O2/c1-4-9-20-11-8-14-26(38-3)27(20)36-19-23(10-5-2)35(29(36)37)18-22-16-15-21(17-30-22)24-12-6-7-13-25(24)28-31-33-34-32-28/h6-8,11-17,19H,4-5,9-10,18H2,1-3H3,(H,31,32,33,34). The molecule has 38 heavy (non-hydrogen) atoms. The lowest BCUT2D eigenvalue weighted by atomic mass is 10.0. The van der Waals surface area contributed by atoms with Crippen molar-refractivity contribution in [1.29, 1.82) is 0 Å². The van der Waals surface area contributed by atoms with Gasteiger partial charge < -0.3 is 4.74 Å². The molecule has 0 saturated carbocycles. The molecule has 3 heterocycles. The number of tetrazole rings is 1. The normalized spacial score (nSPS) is 11.1. The summed E-state index contributed by atoms with van der Waals surface area (Å²) < 4.78 is 9.23. The minimum absolute atomic E-state index is 0.0932. The molecule has 0 aliphatic carbocycles. The van der Waals surface area contributed by atoms with Gasteiger partial charge in [-0.1, -0.05) is 69.2 Å². The zero-order chi connectivity index (χ0) is 26.5. The Bertz CT molecular complexity index is 1570. The molecule has 0 amide bonds. The summed E-state index contributed by atoms with van der Waals surface area (Å²) in [6, 6.07) is 17.8. The third kappa shape index (κ3) is 4.87. The Kier molecular flexibility index (Phi) is 7.44. The van der Waals surface area contributed by atoms with Crippen LogP contribution in [0.15, 0.2) is 71.8 Å². The van der Waals surface area contributed by atoms with Crippen molar-refractivity contribution < 1.29 is 4.74 Å². The number of aromatic nitrogens is 7. The third-order valence-electron chi connectivity index (χ3n) is 6.61. The van der Waals surface area contributed by atoms with E-state index in [4.69, 9.17) is 9.72 Å². The molecule has 3 aromatic heterocycles. The fraction of sp³-hybridized carbons (Fsp3) is 0.276. The lowest BCUT2D eigenvalue weighted by Crippen LogP contribution is -2.26. The monoisotopic (exact) mass is 509 g/mol. The van der Waals surface area contributed by atoms with E-state index in [0.717, 1.165) is 65.0 Å². The van der Waals surface area contributed by atoms with Gasteiger partial charge in [-0.25, -0.2) is 9.89 Å². The van der Waals surface area contributed by atoms with Gasteiger partial charge in [-0.05, 0) is 46.5 Å². The van der Waals surface area contributed by atoms with Gasteiger partial charge in [-0.15, -0.1) is 5.10 Å². The van der Waals surface area contributed by atoms with Crippen molar-refractivity contribution in [2.24, 2.45) is 0 Å². The number of benzene rings is 2. The second kappa shape index (κ2) is 11.2. The zero-order valence-corrected chi connectivity index (χ0v) is 21.9. The Hall–Kier alpha value is -4.53. The number of H-pyrrole nitrogens is 1. The van der Waals surface area contributed by atoms with Crippen molar-refractivity contribution in [3.05, 3.63) is 94.4 Å². The maximum atomic E-state index is 13.8. The Labute approximate surface area is 221 Å². The van der Waals surface area contributed by atoms with Crippen LogP contribution in [-0.2, 0) is 19.4 Å². The van der Waals surface area contributed by atoms with Gasteiger partial charge in [0.15, 0.2) is 5.82 Å². The van der Waals surface area contributed by atoms with E-state index in [2.05, 4.69) is 40.5 Å². The quantitative estimate of drug-likeness (QED) is 0.289. The lowest BCUT2D eigenvalue weighted by molar-refractivity contribution is 0.411. The van der Waals surface area contributed by atoms with E-state index in [-0.39, 0.29) is 5.69 Å². The van der Waals surface area contributed by atoms with Crippen LogP contribution in [0.2, 0.25) is 0 Å². The van der Waals surface area contributed by atoms with E-state index < -0.39 is 0 Å². The van der Waals surface area contributed by atoms with Gasteiger partial charge in [-0.2, -0.15) is 0 Å². The highest BCUT2D eigenvalue weighted by molar-refractivity contribution is 5.79. The fourth-order valence-corrected chi connectivity index (χ4v) is 4.84. The molecule has 9 nitrogen and oxygen atoms in total. The van der Waals surface area contributed by atoms with Crippen LogP contribution in [0.4, 0.5) is 0 Å². The summed E-state index contributed by atoms with van der Waals surface area (Å²) in [5.74, 6) is 1.29. The molecule has 0 unspecified atom stereocenters. The predicted octanol–water partition coefficient (Wildman–Crippen LogP) is 4.84. The van der Waals surface area contributed by atoms with Crippen molar-refractivity contribution in [3.63, 3.8) is 0 Å². The lowest BCUT2D eigenvalue weighted by Gasteiger charge is -2.13. The average Bonchev–Trinajstić information content (AvgIpc) is 3.59. The highest BCUT2D eigenvalue weighted by atomic mass is 16.5. The van der Waals surface area contributed by atoms with E-state index in [9.17, 15) is 4.79 Å². The van der Waals surface area contributed by atoms with Crippen LogP contribution in [0.5, 0.6) is 5.75 Å². The number of nitrogens with zero attached hydrogens (tertiary/aromatic N) is 6. The Morgan fingerprint density at radius 1 is 0.947 bits per heavy atom. The van der Waals surface area contributed by atoms with Gasteiger partial charge in [-0.3, -0.25) is 14.1 Å². The molecule has 0 bridgehead atoms. The number of nitrogens with one attached hydrogen (secondary N) is 1. The first-order valence-corrected chi connectivity index (χ1v) is 12.9. The minimum atomic E-state index is -0.0932. The summed E-state index contributed by atoms with van der Waals surface area (Å²) in [7, 11) is 1.64. The number of rotatable bonds is 10. The first kappa shape index (κ1) is 25.1. The van der Waals surface area contributed by atoms with Crippen molar-refractivity contribution >= 4 is 0 Å². The van der Waals surface area contributed by atoms with Crippen LogP contribution in [0.3, 0.4) is 0 Å². The van der Waals surface area contributed by atoms with Gasteiger partial charge >= 0.3 is 5.69 Å². The molecule has 0 fully saturated rings. The van der Waals surface area contributed by atoms with Crippen LogP contribution in [0.1, 0.15) is 43.6 Å². The van der Waals surface area contributed by atoms with Crippen molar-refractivity contribution in [2.45, 2.75) is 46.1 Å². The molecule has 1 N–H and O–H groups in total. The largest absolute Gasteiger partial charge is 0.495 e. The number of aromatic amines is 1. The number of aryl methyl sites for hydroxylation is 2. The van der Waals surface area contributed by atoms with E-state index in [1.54, 1.807) is 11.7 Å². The van der Waals surface area contributed by atoms with Gasteiger partial charge in [0, 0.05) is 29.2 Å². The molecule has 0 aliphatic heterocycles. The van der Waals surface area contributed by atoms with Crippen LogP contribution >= 0.6 is 0 Å². The molecule has 0 radical (unpaired) electrons. The van der Waals surface area contributed by atoms with Crippen LogP contribution in [-0.4, -0.2) is 41.9 Å². The van der Waals surface area contributed by atoms with Crippen LogP contribution in [0.25, 0.3) is 28.2 Å². The smallest absolute Gasteiger partial charge is 0.333 e. The van der Waals surface area contributed by atoms with Gasteiger partial charge in [0.05, 0.1) is 25.0 Å². The molecular weight excluding hydrogens is 478 g/mol. The number of hydrogen-bond donors (Lipinski definition) is 1. The zero-order valence-electron chi connectivity index (χ0n) is 21.9. The number of ether oxygens (including phenoxy) is 1. The van der Waals surface area contributed by atoms with E-state index in [0.29, 0.717) is 18.1 Å². The Balaban J connectivity index is 1.51. The van der Waals surface area contributed by atoms with Crippen molar-refractivity contribution in [3.8, 4) is 34.0 Å². The van der Waals surface area contributed by atoms with E-state index in [1.165, 1.54) is 0 Å². The Morgan fingerprint density at radius 3 is 2.45 bits per heavy atom. The first-order valence-electron chi connectivity index (χ1n) is 12.9. The fourth-order valence-electron chi connectivity index (χ4n) is 4.84. The molecule has 2 aromatic carbocycles. The minimum Gasteiger partial charge on any atom is -0.495 e. The second-order valence-electron chi connectivity index (χ2n) is 9.16. The van der Waals surface area contributed by atoms with Crippen molar-refractivity contribution in [2.75, 3.05) is 7.11 Å². The second-order valence-corrected chi connectivity index (χ2v) is 9.16. The highest BCUT2D eigenvalue weighted by Crippen LogP contribution is 2.30. The highest BCUT2D eigenvalue weighted by Gasteiger charge is 2.19. The molecule has 0 aliphatic rings. The van der Waals surface area contributed by atoms with Gasteiger partial charge in [0.2, 0.25) is 0 Å². The number of imidazole rings is 1. The molecule has 0 atom stereocenters. The Morgan fingerprint density at radius 2 is 1.76 bits per heavy atom. The molecule has 9 heteroatoms. The van der Waals surface area contributed by atoms with Crippen LogP contribution < -0.4 is 10.4 Å². The molecule has 5 aromatic rings. The summed E-state index contributed by atoms with van der Waals surface area (Å²) in [6.45, 7) is 4.63. The van der Waals surface area contributed by atoms with Gasteiger partial charge in [0.25, 0.3) is 0 Å². The van der Waals surface area contributed by atoms with E-state index >= 15 is 0 Å². The first-order chi connectivity index (χ1) is 18.6. The number of pyridine rings is 1. The molecule has 0 spiro atoms. The molecule has 5 rings (SSSR count). The molecule has 194 valence electrons. The maximum absolute atomic E-state index is 13.8. The molecule has 0 saturated heterocycles. The number of methoxy groups -OCH3 is 1. The van der Waals surface area contributed by atoms with Crippen molar-refractivity contribution in [1.82, 2.24) is 34.7 Å². The van der Waals surface area contributed by atoms with E-state index in [1.807, 2.05) is 65.5 Å². The van der Waals surface area contributed by atoms with Crippen LogP contribution in [0, 0.1) is 0 Å². The third-order valence-corrected chi connectivity index (χ3v) is 6.61. The summed E-state index contributed by atoms with van der Waals surface area (Å²) in [5.41, 5.74) is 6.41.